The van der Waals surface area contributed by atoms with Crippen molar-refractivity contribution in [2.75, 3.05) is 6.61 Å². The Hall–Kier alpha value is -1.69. The molecule has 112 valence electrons. The molecule has 2 aromatic rings. The maximum atomic E-state index is 10.4. The summed E-state index contributed by atoms with van der Waals surface area (Å²) in [7, 11) is 0. The topological polar surface area (TPSA) is 78.5 Å². The monoisotopic (exact) mass is 288 g/mol. The van der Waals surface area contributed by atoms with Crippen LogP contribution in [0.1, 0.15) is 47.7 Å². The summed E-state index contributed by atoms with van der Waals surface area (Å²) < 4.78 is 5.32. The number of aliphatic hydroxyl groups excluding tert-OH is 2. The number of fused-ring (bicyclic) bond motifs is 1. The van der Waals surface area contributed by atoms with Crippen LogP contribution in [0.3, 0.4) is 0 Å². The van der Waals surface area contributed by atoms with Gasteiger partial charge >= 0.3 is 0 Å². The van der Waals surface area contributed by atoms with Gasteiger partial charge in [0, 0.05) is 12.0 Å². The van der Waals surface area contributed by atoms with E-state index in [9.17, 15) is 10.2 Å². The molecule has 0 spiro atoms. The summed E-state index contributed by atoms with van der Waals surface area (Å²) in [6.45, 7) is -0.0961. The van der Waals surface area contributed by atoms with Gasteiger partial charge < -0.3 is 14.7 Å². The minimum absolute atomic E-state index is 0.0961. The minimum atomic E-state index is -0.937. The molecule has 21 heavy (non-hydrogen) atoms. The van der Waals surface area contributed by atoms with Gasteiger partial charge in [-0.25, -0.2) is 0 Å². The smallest absolute Gasteiger partial charge is 0.152 e. The Morgan fingerprint density at radius 1 is 1.19 bits per heavy atom. The highest BCUT2D eigenvalue weighted by molar-refractivity contribution is 5.27. The summed E-state index contributed by atoms with van der Waals surface area (Å²) in [4.78, 5) is 0. The first kappa shape index (κ1) is 14.3. The molecule has 0 fully saturated rings. The standard InChI is InChI=1S/C16H20N2O3/c19-10-13(11-6-2-1-3-7-11)17-16(20)15-12-8-4-5-9-14(12)21-18-15/h1-3,6-7,13,16-17,19-20H,4-5,8-10H2. The first-order valence-corrected chi connectivity index (χ1v) is 7.37. The van der Waals surface area contributed by atoms with Crippen LogP contribution in [0.4, 0.5) is 0 Å². The third-order valence-electron chi connectivity index (χ3n) is 3.98. The van der Waals surface area contributed by atoms with E-state index in [2.05, 4.69) is 10.5 Å². The summed E-state index contributed by atoms with van der Waals surface area (Å²) in [6, 6.07) is 9.23. The lowest BCUT2D eigenvalue weighted by Crippen LogP contribution is -2.29. The highest BCUT2D eigenvalue weighted by Crippen LogP contribution is 2.28. The number of rotatable bonds is 5. The van der Waals surface area contributed by atoms with Gasteiger partial charge in [-0.3, -0.25) is 5.32 Å². The molecule has 0 saturated carbocycles. The minimum Gasteiger partial charge on any atom is -0.394 e. The molecule has 2 unspecified atom stereocenters. The predicted molar refractivity (Wildman–Crippen MR) is 77.5 cm³/mol. The van der Waals surface area contributed by atoms with Crippen LogP contribution in [0.25, 0.3) is 0 Å². The fourth-order valence-corrected chi connectivity index (χ4v) is 2.83. The number of aliphatic hydroxyl groups is 2. The molecule has 1 aliphatic carbocycles. The van der Waals surface area contributed by atoms with Crippen LogP contribution in [0.5, 0.6) is 0 Å². The first-order valence-electron chi connectivity index (χ1n) is 7.37. The second kappa shape index (κ2) is 6.39. The molecule has 2 atom stereocenters. The SMILES string of the molecule is OCC(NC(O)c1noc2c1CCCC2)c1ccccc1. The Labute approximate surface area is 123 Å². The molecule has 5 nitrogen and oxygen atoms in total. The largest absolute Gasteiger partial charge is 0.394 e. The lowest BCUT2D eigenvalue weighted by Gasteiger charge is -2.21. The third-order valence-corrected chi connectivity index (χ3v) is 3.98. The zero-order chi connectivity index (χ0) is 14.7. The van der Waals surface area contributed by atoms with E-state index in [0.29, 0.717) is 5.69 Å². The molecule has 0 aliphatic heterocycles. The summed E-state index contributed by atoms with van der Waals surface area (Å²) in [5.74, 6) is 0.886. The molecular formula is C16H20N2O3. The number of aromatic nitrogens is 1. The molecule has 1 aromatic carbocycles. The molecule has 5 heteroatoms. The van der Waals surface area contributed by atoms with E-state index in [-0.39, 0.29) is 12.6 Å². The van der Waals surface area contributed by atoms with Crippen molar-refractivity contribution < 1.29 is 14.7 Å². The molecule has 0 saturated heterocycles. The summed E-state index contributed by atoms with van der Waals surface area (Å²) in [5.41, 5.74) is 2.50. The molecule has 3 N–H and O–H groups in total. The molecule has 3 rings (SSSR count). The average molecular weight is 288 g/mol. The number of nitrogens with zero attached hydrogens (tertiary/aromatic N) is 1. The van der Waals surface area contributed by atoms with E-state index in [0.717, 1.165) is 42.6 Å². The third kappa shape index (κ3) is 3.00. The first-order chi connectivity index (χ1) is 10.3. The van der Waals surface area contributed by atoms with Crippen molar-refractivity contribution in [1.82, 2.24) is 10.5 Å². The number of hydrogen-bond donors (Lipinski definition) is 3. The van der Waals surface area contributed by atoms with Crippen molar-refractivity contribution in [2.24, 2.45) is 0 Å². The second-order valence-corrected chi connectivity index (χ2v) is 5.39. The molecule has 0 radical (unpaired) electrons. The molecular weight excluding hydrogens is 268 g/mol. The van der Waals surface area contributed by atoms with Crippen molar-refractivity contribution >= 4 is 0 Å². The molecule has 1 heterocycles. The number of hydrogen-bond acceptors (Lipinski definition) is 5. The fraction of sp³-hybridized carbons (Fsp3) is 0.438. The lowest BCUT2D eigenvalue weighted by atomic mass is 9.96. The highest BCUT2D eigenvalue weighted by Gasteiger charge is 2.25. The van der Waals surface area contributed by atoms with Crippen molar-refractivity contribution in [1.29, 1.82) is 0 Å². The normalized spacial score (nSPS) is 17.2. The zero-order valence-corrected chi connectivity index (χ0v) is 11.8. The van der Waals surface area contributed by atoms with E-state index >= 15 is 0 Å². The van der Waals surface area contributed by atoms with E-state index < -0.39 is 6.23 Å². The van der Waals surface area contributed by atoms with Crippen LogP contribution >= 0.6 is 0 Å². The Kier molecular flexibility index (Phi) is 4.34. The van der Waals surface area contributed by atoms with Crippen LogP contribution in [-0.2, 0) is 12.8 Å². The van der Waals surface area contributed by atoms with E-state index in [1.54, 1.807) is 0 Å². The maximum absolute atomic E-state index is 10.4. The van der Waals surface area contributed by atoms with Crippen molar-refractivity contribution in [3.05, 3.63) is 52.9 Å². The van der Waals surface area contributed by atoms with Crippen molar-refractivity contribution in [3.8, 4) is 0 Å². The quantitative estimate of drug-likeness (QED) is 0.732. The predicted octanol–water partition coefficient (Wildman–Crippen LogP) is 1.87. The van der Waals surface area contributed by atoms with Gasteiger partial charge in [0.05, 0.1) is 12.6 Å². The van der Waals surface area contributed by atoms with Gasteiger partial charge in [-0.1, -0.05) is 35.5 Å². The number of benzene rings is 1. The van der Waals surface area contributed by atoms with Gasteiger partial charge in [-0.05, 0) is 24.8 Å². The summed E-state index contributed by atoms with van der Waals surface area (Å²) >= 11 is 0. The van der Waals surface area contributed by atoms with Gasteiger partial charge in [0.1, 0.15) is 11.5 Å². The van der Waals surface area contributed by atoms with Crippen LogP contribution in [0, 0.1) is 0 Å². The number of aryl methyl sites for hydroxylation is 1. The van der Waals surface area contributed by atoms with Crippen LogP contribution < -0.4 is 5.32 Å². The molecule has 0 bridgehead atoms. The zero-order valence-electron chi connectivity index (χ0n) is 11.8. The lowest BCUT2D eigenvalue weighted by molar-refractivity contribution is 0.0967. The fourth-order valence-electron chi connectivity index (χ4n) is 2.83. The highest BCUT2D eigenvalue weighted by atomic mass is 16.5. The molecule has 1 aliphatic rings. The summed E-state index contributed by atoms with van der Waals surface area (Å²) in [5, 5.41) is 27.0. The van der Waals surface area contributed by atoms with Gasteiger partial charge in [0.15, 0.2) is 6.23 Å². The summed E-state index contributed by atoms with van der Waals surface area (Å²) in [6.07, 6.45) is 3.04. The van der Waals surface area contributed by atoms with Gasteiger partial charge in [-0.15, -0.1) is 0 Å². The van der Waals surface area contributed by atoms with Crippen molar-refractivity contribution in [3.63, 3.8) is 0 Å². The Morgan fingerprint density at radius 2 is 1.95 bits per heavy atom. The van der Waals surface area contributed by atoms with E-state index in [1.165, 1.54) is 0 Å². The maximum Gasteiger partial charge on any atom is 0.152 e. The average Bonchev–Trinajstić information content (AvgIpc) is 2.97. The van der Waals surface area contributed by atoms with Crippen LogP contribution in [-0.4, -0.2) is 22.0 Å². The van der Waals surface area contributed by atoms with Crippen LogP contribution in [0.2, 0.25) is 0 Å². The van der Waals surface area contributed by atoms with E-state index in [1.807, 2.05) is 30.3 Å². The Morgan fingerprint density at radius 3 is 2.71 bits per heavy atom. The van der Waals surface area contributed by atoms with Gasteiger partial charge in [0.2, 0.25) is 0 Å². The van der Waals surface area contributed by atoms with Gasteiger partial charge in [0.25, 0.3) is 0 Å². The van der Waals surface area contributed by atoms with Crippen molar-refractivity contribution in [2.45, 2.75) is 38.0 Å². The van der Waals surface area contributed by atoms with Crippen LogP contribution in [0.15, 0.2) is 34.9 Å². The Bertz CT molecular complexity index is 582. The molecule has 0 amide bonds. The van der Waals surface area contributed by atoms with E-state index in [4.69, 9.17) is 4.52 Å². The second-order valence-electron chi connectivity index (χ2n) is 5.39. The molecule has 1 aromatic heterocycles. The number of nitrogens with one attached hydrogen (secondary N) is 1. The van der Waals surface area contributed by atoms with Gasteiger partial charge in [-0.2, -0.15) is 0 Å². The Balaban J connectivity index is 1.76.